The normalized spacial score (nSPS) is 10.5. The summed E-state index contributed by atoms with van der Waals surface area (Å²) in [5.74, 6) is 0.613. The van der Waals surface area contributed by atoms with Gasteiger partial charge in [-0.15, -0.1) is 0 Å². The van der Waals surface area contributed by atoms with Crippen molar-refractivity contribution < 1.29 is 4.74 Å². The van der Waals surface area contributed by atoms with Crippen LogP contribution >= 0.6 is 27.5 Å². The Morgan fingerprint density at radius 3 is 2.59 bits per heavy atom. The molecule has 0 unspecified atom stereocenters. The Morgan fingerprint density at radius 1 is 1.29 bits per heavy atom. The second-order valence-corrected chi connectivity index (χ2v) is 4.67. The molecule has 0 aliphatic heterocycles. The highest BCUT2D eigenvalue weighted by Gasteiger charge is 2.05. The zero-order valence-corrected chi connectivity index (χ0v) is 11.5. The fourth-order valence-corrected chi connectivity index (χ4v) is 1.72. The molecule has 0 atom stereocenters. The molecule has 2 rings (SSSR count). The third kappa shape index (κ3) is 3.03. The molecule has 1 aromatic heterocycles. The lowest BCUT2D eigenvalue weighted by Gasteiger charge is -2.03. The molecule has 0 N–H and O–H groups in total. The highest BCUT2D eigenvalue weighted by atomic mass is 79.9. The average molecular weight is 314 g/mol. The highest BCUT2D eigenvalue weighted by molar-refractivity contribution is 9.10. The molecule has 0 saturated heterocycles. The molecular formula is C12H10BrClN2O. The van der Waals surface area contributed by atoms with Crippen LogP contribution in [-0.4, -0.2) is 17.1 Å². The molecule has 0 saturated carbocycles. The summed E-state index contributed by atoms with van der Waals surface area (Å²) in [5.41, 5.74) is 2.04. The summed E-state index contributed by atoms with van der Waals surface area (Å²) in [7, 11) is 1.67. The maximum Gasteiger partial charge on any atom is 0.160 e. The van der Waals surface area contributed by atoms with Gasteiger partial charge in [0.25, 0.3) is 0 Å². The first-order valence-electron chi connectivity index (χ1n) is 4.97. The zero-order valence-electron chi connectivity index (χ0n) is 9.15. The van der Waals surface area contributed by atoms with Gasteiger partial charge in [0.1, 0.15) is 5.15 Å². The van der Waals surface area contributed by atoms with E-state index in [1.165, 1.54) is 0 Å². The van der Waals surface area contributed by atoms with Crippen molar-refractivity contribution in [2.75, 3.05) is 7.11 Å². The lowest BCUT2D eigenvalue weighted by molar-refractivity contribution is 0.185. The number of hydrogen-bond donors (Lipinski definition) is 0. The maximum atomic E-state index is 5.93. The number of nitrogens with zero attached hydrogens (tertiary/aromatic N) is 2. The van der Waals surface area contributed by atoms with Crippen molar-refractivity contribution in [3.63, 3.8) is 0 Å². The molecule has 0 fully saturated rings. The van der Waals surface area contributed by atoms with Crippen molar-refractivity contribution in [2.45, 2.75) is 6.61 Å². The van der Waals surface area contributed by atoms with Gasteiger partial charge in [-0.2, -0.15) is 0 Å². The van der Waals surface area contributed by atoms with E-state index in [-0.39, 0.29) is 0 Å². The van der Waals surface area contributed by atoms with Gasteiger partial charge in [0.05, 0.1) is 11.1 Å². The van der Waals surface area contributed by atoms with Crippen molar-refractivity contribution in [1.82, 2.24) is 9.97 Å². The molecule has 1 heterocycles. The number of aromatic nitrogens is 2. The average Bonchev–Trinajstić information content (AvgIpc) is 2.34. The Labute approximate surface area is 113 Å². The van der Waals surface area contributed by atoms with Crippen molar-refractivity contribution in [1.29, 1.82) is 0 Å². The summed E-state index contributed by atoms with van der Waals surface area (Å²) >= 11 is 9.19. The van der Waals surface area contributed by atoms with E-state index >= 15 is 0 Å². The molecule has 1 aromatic carbocycles. The van der Waals surface area contributed by atoms with Crippen LogP contribution < -0.4 is 0 Å². The van der Waals surface area contributed by atoms with E-state index in [0.29, 0.717) is 22.1 Å². The van der Waals surface area contributed by atoms with Gasteiger partial charge in [0.2, 0.25) is 0 Å². The Kier molecular flexibility index (Phi) is 4.10. The van der Waals surface area contributed by atoms with E-state index in [2.05, 4.69) is 25.9 Å². The first kappa shape index (κ1) is 12.5. The Morgan fingerprint density at radius 2 is 2.00 bits per heavy atom. The number of benzene rings is 1. The van der Waals surface area contributed by atoms with Crippen LogP contribution in [0.15, 0.2) is 34.9 Å². The zero-order chi connectivity index (χ0) is 12.3. The third-order valence-electron chi connectivity index (χ3n) is 2.22. The monoisotopic (exact) mass is 312 g/mol. The molecule has 0 aliphatic rings. The van der Waals surface area contributed by atoms with Gasteiger partial charge in [0, 0.05) is 18.9 Å². The number of rotatable bonds is 3. The van der Waals surface area contributed by atoms with Gasteiger partial charge in [-0.05, 0) is 21.5 Å². The fourth-order valence-electron chi connectivity index (χ4n) is 1.40. The van der Waals surface area contributed by atoms with Gasteiger partial charge < -0.3 is 4.74 Å². The Bertz CT molecular complexity index is 516. The van der Waals surface area contributed by atoms with Gasteiger partial charge in [-0.25, -0.2) is 9.97 Å². The smallest absolute Gasteiger partial charge is 0.160 e. The van der Waals surface area contributed by atoms with Crippen molar-refractivity contribution >= 4 is 27.5 Å². The lowest BCUT2D eigenvalue weighted by atomic mass is 10.1. The molecule has 0 aliphatic carbocycles. The second kappa shape index (κ2) is 5.58. The summed E-state index contributed by atoms with van der Waals surface area (Å²) < 4.78 is 5.74. The van der Waals surface area contributed by atoms with Crippen LogP contribution in [0.1, 0.15) is 5.56 Å². The van der Waals surface area contributed by atoms with E-state index in [1.54, 1.807) is 13.3 Å². The van der Waals surface area contributed by atoms with Crippen molar-refractivity contribution in [3.05, 3.63) is 45.7 Å². The van der Waals surface area contributed by atoms with Crippen molar-refractivity contribution in [3.8, 4) is 11.4 Å². The standard InChI is InChI=1S/C12H10BrClN2O/c1-17-7-8-2-4-9(5-3-8)12-15-6-10(13)11(14)16-12/h2-6H,7H2,1H3. The summed E-state index contributed by atoms with van der Waals surface area (Å²) in [6.45, 7) is 0.599. The molecule has 3 nitrogen and oxygen atoms in total. The predicted octanol–water partition coefficient (Wildman–Crippen LogP) is 3.71. The topological polar surface area (TPSA) is 35.0 Å². The van der Waals surface area contributed by atoms with E-state index in [9.17, 15) is 0 Å². The van der Waals surface area contributed by atoms with E-state index in [1.807, 2.05) is 24.3 Å². The quantitative estimate of drug-likeness (QED) is 0.810. The van der Waals surface area contributed by atoms with Crippen LogP contribution in [0, 0.1) is 0 Å². The fraction of sp³-hybridized carbons (Fsp3) is 0.167. The molecule has 0 amide bonds. The van der Waals surface area contributed by atoms with E-state index < -0.39 is 0 Å². The SMILES string of the molecule is COCc1ccc(-c2ncc(Br)c(Cl)n2)cc1. The summed E-state index contributed by atoms with van der Waals surface area (Å²) in [4.78, 5) is 8.41. The predicted molar refractivity (Wildman–Crippen MR) is 70.9 cm³/mol. The molecule has 17 heavy (non-hydrogen) atoms. The van der Waals surface area contributed by atoms with E-state index in [0.717, 1.165) is 11.1 Å². The highest BCUT2D eigenvalue weighted by Crippen LogP contribution is 2.23. The second-order valence-electron chi connectivity index (χ2n) is 3.46. The van der Waals surface area contributed by atoms with Crippen LogP contribution in [-0.2, 0) is 11.3 Å². The number of halogens is 2. The molecule has 88 valence electrons. The third-order valence-corrected chi connectivity index (χ3v) is 3.32. The van der Waals surface area contributed by atoms with E-state index in [4.69, 9.17) is 16.3 Å². The van der Waals surface area contributed by atoms with Crippen LogP contribution in [0.25, 0.3) is 11.4 Å². The Balaban J connectivity index is 2.30. The molecule has 0 radical (unpaired) electrons. The largest absolute Gasteiger partial charge is 0.380 e. The number of ether oxygens (including phenoxy) is 1. The molecule has 0 bridgehead atoms. The van der Waals surface area contributed by atoms with Gasteiger partial charge in [-0.3, -0.25) is 0 Å². The van der Waals surface area contributed by atoms with Crippen LogP contribution in [0.3, 0.4) is 0 Å². The number of hydrogen-bond acceptors (Lipinski definition) is 3. The molecular weight excluding hydrogens is 304 g/mol. The Hall–Kier alpha value is -0.970. The lowest BCUT2D eigenvalue weighted by Crippen LogP contribution is -1.91. The summed E-state index contributed by atoms with van der Waals surface area (Å²) in [6.07, 6.45) is 1.65. The van der Waals surface area contributed by atoms with Crippen molar-refractivity contribution in [2.24, 2.45) is 0 Å². The van der Waals surface area contributed by atoms with Gasteiger partial charge in [-0.1, -0.05) is 35.9 Å². The first-order chi connectivity index (χ1) is 8.20. The summed E-state index contributed by atoms with van der Waals surface area (Å²) in [5, 5.41) is 0.413. The molecule has 5 heteroatoms. The number of methoxy groups -OCH3 is 1. The van der Waals surface area contributed by atoms with Crippen LogP contribution in [0.5, 0.6) is 0 Å². The maximum absolute atomic E-state index is 5.93. The minimum atomic E-state index is 0.413. The minimum absolute atomic E-state index is 0.413. The molecule has 0 spiro atoms. The first-order valence-corrected chi connectivity index (χ1v) is 6.14. The van der Waals surface area contributed by atoms with Crippen LogP contribution in [0.4, 0.5) is 0 Å². The van der Waals surface area contributed by atoms with Crippen LogP contribution in [0.2, 0.25) is 5.15 Å². The minimum Gasteiger partial charge on any atom is -0.380 e. The van der Waals surface area contributed by atoms with Gasteiger partial charge >= 0.3 is 0 Å². The molecule has 2 aromatic rings. The summed E-state index contributed by atoms with van der Waals surface area (Å²) in [6, 6.07) is 7.87. The van der Waals surface area contributed by atoms with Gasteiger partial charge in [0.15, 0.2) is 5.82 Å².